The van der Waals surface area contributed by atoms with Gasteiger partial charge in [0.1, 0.15) is 0 Å². The normalized spacial score (nSPS) is 16.0. The van der Waals surface area contributed by atoms with E-state index in [1.54, 1.807) is 6.20 Å². The van der Waals surface area contributed by atoms with Crippen molar-refractivity contribution >= 4 is 5.69 Å². The van der Waals surface area contributed by atoms with E-state index in [1.807, 2.05) is 19.2 Å². The molecule has 2 unspecified atom stereocenters. The molecule has 0 aliphatic rings. The molecular formula is C15H27N3O. The van der Waals surface area contributed by atoms with Crippen molar-refractivity contribution in [1.82, 2.24) is 10.3 Å². The van der Waals surface area contributed by atoms with E-state index < -0.39 is 0 Å². The van der Waals surface area contributed by atoms with E-state index in [0.717, 1.165) is 37.2 Å². The van der Waals surface area contributed by atoms with Gasteiger partial charge in [-0.2, -0.15) is 0 Å². The van der Waals surface area contributed by atoms with Gasteiger partial charge in [0, 0.05) is 30.7 Å². The quantitative estimate of drug-likeness (QED) is 0.757. The number of pyridine rings is 1. The number of aromatic nitrogens is 1. The van der Waals surface area contributed by atoms with Gasteiger partial charge in [-0.1, -0.05) is 13.8 Å². The fourth-order valence-corrected chi connectivity index (χ4v) is 2.36. The molecule has 108 valence electrons. The Balaban J connectivity index is 2.91. The first-order valence-corrected chi connectivity index (χ1v) is 7.13. The van der Waals surface area contributed by atoms with E-state index in [2.05, 4.69) is 31.1 Å². The molecule has 0 radical (unpaired) electrons. The number of hydrogen-bond acceptors (Lipinski definition) is 4. The van der Waals surface area contributed by atoms with E-state index in [1.165, 1.54) is 0 Å². The van der Waals surface area contributed by atoms with Crippen LogP contribution in [0.4, 0.5) is 5.69 Å². The lowest BCUT2D eigenvalue weighted by atomic mass is 9.88. The second-order valence-electron chi connectivity index (χ2n) is 4.99. The highest BCUT2D eigenvalue weighted by atomic mass is 16.5. The van der Waals surface area contributed by atoms with Gasteiger partial charge in [-0.15, -0.1) is 0 Å². The van der Waals surface area contributed by atoms with E-state index in [0.29, 0.717) is 0 Å². The highest BCUT2D eigenvalue weighted by Crippen LogP contribution is 2.24. The molecule has 0 bridgehead atoms. The molecule has 1 aromatic rings. The third kappa shape index (κ3) is 4.18. The van der Waals surface area contributed by atoms with Gasteiger partial charge >= 0.3 is 0 Å². The summed E-state index contributed by atoms with van der Waals surface area (Å²) in [6.07, 6.45) is 5.36. The number of nitrogen functional groups attached to an aromatic ring is 1. The highest BCUT2D eigenvalue weighted by Gasteiger charge is 2.33. The van der Waals surface area contributed by atoms with Crippen LogP contribution in [0.1, 0.15) is 39.7 Å². The standard InChI is InChI=1S/C15H27N3O/c1-5-15(4,19-7-3)14(18-6-2)10-12-11-17-9-8-13(12)16/h8-9,11,14,18H,5-7,10H2,1-4H3,(H2,16,17). The van der Waals surface area contributed by atoms with Crippen LogP contribution < -0.4 is 11.1 Å². The van der Waals surface area contributed by atoms with Gasteiger partial charge in [-0.25, -0.2) is 0 Å². The highest BCUT2D eigenvalue weighted by molar-refractivity contribution is 5.44. The third-order valence-electron chi connectivity index (χ3n) is 3.73. The SMILES string of the molecule is CCNC(Cc1cnccc1N)C(C)(CC)OCC. The van der Waals surface area contributed by atoms with Gasteiger partial charge in [0.05, 0.1) is 5.60 Å². The molecule has 0 amide bonds. The van der Waals surface area contributed by atoms with Crippen molar-refractivity contribution in [1.29, 1.82) is 0 Å². The fourth-order valence-electron chi connectivity index (χ4n) is 2.36. The second kappa shape index (κ2) is 7.46. The van der Waals surface area contributed by atoms with Crippen LogP contribution >= 0.6 is 0 Å². The van der Waals surface area contributed by atoms with Gasteiger partial charge in [-0.05, 0) is 44.9 Å². The molecule has 0 aromatic carbocycles. The summed E-state index contributed by atoms with van der Waals surface area (Å²) in [7, 11) is 0. The molecular weight excluding hydrogens is 238 g/mol. The molecule has 1 rings (SSSR count). The number of anilines is 1. The Morgan fingerprint density at radius 2 is 2.16 bits per heavy atom. The van der Waals surface area contributed by atoms with Crippen molar-refractivity contribution < 1.29 is 4.74 Å². The summed E-state index contributed by atoms with van der Waals surface area (Å²) in [4.78, 5) is 4.16. The van der Waals surface area contributed by atoms with Crippen molar-refractivity contribution in [3.63, 3.8) is 0 Å². The molecule has 19 heavy (non-hydrogen) atoms. The molecule has 4 nitrogen and oxygen atoms in total. The van der Waals surface area contributed by atoms with Crippen LogP contribution in [0.15, 0.2) is 18.5 Å². The summed E-state index contributed by atoms with van der Waals surface area (Å²) >= 11 is 0. The number of nitrogens with one attached hydrogen (secondary N) is 1. The first-order chi connectivity index (χ1) is 9.07. The maximum absolute atomic E-state index is 6.02. The zero-order valence-electron chi connectivity index (χ0n) is 12.6. The summed E-state index contributed by atoms with van der Waals surface area (Å²) in [5.41, 5.74) is 7.70. The van der Waals surface area contributed by atoms with Crippen LogP contribution in [0.25, 0.3) is 0 Å². The van der Waals surface area contributed by atoms with Gasteiger partial charge in [0.25, 0.3) is 0 Å². The van der Waals surface area contributed by atoms with Crippen LogP contribution in [0.2, 0.25) is 0 Å². The Morgan fingerprint density at radius 3 is 2.68 bits per heavy atom. The predicted octanol–water partition coefficient (Wildman–Crippen LogP) is 2.39. The lowest BCUT2D eigenvalue weighted by molar-refractivity contribution is -0.0546. The Labute approximate surface area is 116 Å². The summed E-state index contributed by atoms with van der Waals surface area (Å²) < 4.78 is 5.98. The Hall–Kier alpha value is -1.13. The molecule has 3 N–H and O–H groups in total. The van der Waals surface area contributed by atoms with Gasteiger partial charge < -0.3 is 15.8 Å². The molecule has 0 saturated carbocycles. The van der Waals surface area contributed by atoms with Crippen LogP contribution in [-0.4, -0.2) is 29.8 Å². The molecule has 0 fully saturated rings. The number of nitrogens with two attached hydrogens (primary N) is 1. The fraction of sp³-hybridized carbons (Fsp3) is 0.667. The largest absolute Gasteiger partial charge is 0.398 e. The Bertz CT molecular complexity index is 383. The zero-order chi connectivity index (χ0) is 14.3. The molecule has 0 spiro atoms. The van der Waals surface area contributed by atoms with E-state index in [9.17, 15) is 0 Å². The van der Waals surface area contributed by atoms with E-state index in [4.69, 9.17) is 10.5 Å². The Kier molecular flexibility index (Phi) is 6.25. The average molecular weight is 265 g/mol. The van der Waals surface area contributed by atoms with Crippen LogP contribution in [0.3, 0.4) is 0 Å². The maximum Gasteiger partial charge on any atom is 0.0807 e. The minimum Gasteiger partial charge on any atom is -0.398 e. The van der Waals surface area contributed by atoms with Crippen LogP contribution in [0, 0.1) is 0 Å². The number of rotatable bonds is 8. The minimum atomic E-state index is -0.187. The monoisotopic (exact) mass is 265 g/mol. The maximum atomic E-state index is 6.02. The van der Waals surface area contributed by atoms with Crippen LogP contribution in [0.5, 0.6) is 0 Å². The summed E-state index contributed by atoms with van der Waals surface area (Å²) in [6, 6.07) is 2.08. The van der Waals surface area contributed by atoms with E-state index >= 15 is 0 Å². The number of hydrogen-bond donors (Lipinski definition) is 2. The van der Waals surface area contributed by atoms with Gasteiger partial charge in [-0.3, -0.25) is 4.98 Å². The first kappa shape index (κ1) is 15.9. The molecule has 1 heterocycles. The summed E-state index contributed by atoms with van der Waals surface area (Å²) in [6.45, 7) is 10.1. The molecule has 2 atom stereocenters. The molecule has 4 heteroatoms. The second-order valence-corrected chi connectivity index (χ2v) is 4.99. The zero-order valence-corrected chi connectivity index (χ0v) is 12.6. The summed E-state index contributed by atoms with van der Waals surface area (Å²) in [5, 5.41) is 3.53. The van der Waals surface area contributed by atoms with Crippen molar-refractivity contribution in [3.05, 3.63) is 24.0 Å². The predicted molar refractivity (Wildman–Crippen MR) is 80.1 cm³/mol. The van der Waals surface area contributed by atoms with Crippen molar-refractivity contribution in [2.24, 2.45) is 0 Å². The van der Waals surface area contributed by atoms with Crippen molar-refractivity contribution in [2.45, 2.75) is 52.2 Å². The first-order valence-electron chi connectivity index (χ1n) is 7.13. The number of ether oxygens (including phenoxy) is 1. The van der Waals surface area contributed by atoms with Crippen molar-refractivity contribution in [2.75, 3.05) is 18.9 Å². The summed E-state index contributed by atoms with van der Waals surface area (Å²) in [5.74, 6) is 0. The molecule has 1 aromatic heterocycles. The average Bonchev–Trinajstić information content (AvgIpc) is 2.40. The molecule has 0 aliphatic carbocycles. The molecule has 0 aliphatic heterocycles. The van der Waals surface area contributed by atoms with E-state index in [-0.39, 0.29) is 11.6 Å². The smallest absolute Gasteiger partial charge is 0.0807 e. The lowest BCUT2D eigenvalue weighted by Gasteiger charge is -2.37. The third-order valence-corrected chi connectivity index (χ3v) is 3.73. The minimum absolute atomic E-state index is 0.187. The van der Waals surface area contributed by atoms with Gasteiger partial charge in [0.15, 0.2) is 0 Å². The Morgan fingerprint density at radius 1 is 1.42 bits per heavy atom. The van der Waals surface area contributed by atoms with Crippen molar-refractivity contribution in [3.8, 4) is 0 Å². The number of likely N-dealkylation sites (N-methyl/N-ethyl adjacent to an activating group) is 1. The van der Waals surface area contributed by atoms with Crippen LogP contribution in [-0.2, 0) is 11.2 Å². The van der Waals surface area contributed by atoms with Gasteiger partial charge in [0.2, 0.25) is 0 Å². The molecule has 0 saturated heterocycles. The topological polar surface area (TPSA) is 60.2 Å². The number of nitrogens with zero attached hydrogens (tertiary/aromatic N) is 1. The lowest BCUT2D eigenvalue weighted by Crippen LogP contribution is -2.51.